The molecule has 3 atom stereocenters. The molecule has 1 saturated carbocycles. The topological polar surface area (TPSA) is 62.6 Å². The van der Waals surface area contributed by atoms with Crippen LogP contribution in [-0.4, -0.2) is 37.5 Å². The van der Waals surface area contributed by atoms with Crippen LogP contribution in [0.3, 0.4) is 0 Å². The quantitative estimate of drug-likeness (QED) is 0.733. The fourth-order valence-electron chi connectivity index (χ4n) is 4.47. The zero-order valence-corrected chi connectivity index (χ0v) is 16.2. The van der Waals surface area contributed by atoms with Crippen molar-refractivity contribution in [2.75, 3.05) is 25.0 Å². The summed E-state index contributed by atoms with van der Waals surface area (Å²) in [6.45, 7) is 3.40. The number of fused-ring (bicyclic) bond motifs is 1. The first-order valence-corrected chi connectivity index (χ1v) is 10.1. The fraction of sp³-hybridized carbons (Fsp3) is 0.600. The Bertz CT molecular complexity index is 662. The zero-order valence-electron chi connectivity index (χ0n) is 15.4. The zero-order chi connectivity index (χ0) is 18.5. The Kier molecular flexibility index (Phi) is 6.54. The number of anilines is 1. The first-order valence-electron chi connectivity index (χ1n) is 9.71. The second kappa shape index (κ2) is 8.87. The van der Waals surface area contributed by atoms with E-state index < -0.39 is 0 Å². The molecule has 3 rings (SSSR count). The maximum Gasteiger partial charge on any atom is 0.275 e. The van der Waals surface area contributed by atoms with Crippen LogP contribution in [0.5, 0.6) is 0 Å². The number of nitrogens with one attached hydrogen (secondary N) is 3. The third-order valence-corrected chi connectivity index (χ3v) is 6.29. The molecule has 142 valence electrons. The van der Waals surface area contributed by atoms with E-state index in [1.807, 2.05) is 13.0 Å². The summed E-state index contributed by atoms with van der Waals surface area (Å²) < 4.78 is 0. The predicted octanol–water partition coefficient (Wildman–Crippen LogP) is 1.94. The molecule has 1 aromatic carbocycles. The summed E-state index contributed by atoms with van der Waals surface area (Å²) in [5, 5.41) is 6.20. The van der Waals surface area contributed by atoms with Crippen molar-refractivity contribution in [3.63, 3.8) is 0 Å². The number of carbonyl (C=O) groups excluding carboxylic acids is 2. The highest BCUT2D eigenvalue weighted by Crippen LogP contribution is 2.28. The predicted molar refractivity (Wildman–Crippen MR) is 104 cm³/mol. The van der Waals surface area contributed by atoms with Gasteiger partial charge < -0.3 is 15.5 Å². The average molecular weight is 379 g/mol. The molecule has 0 aromatic heterocycles. The van der Waals surface area contributed by atoms with E-state index >= 15 is 0 Å². The van der Waals surface area contributed by atoms with Gasteiger partial charge in [0.1, 0.15) is 0 Å². The molecule has 1 aromatic rings. The second-order valence-corrected chi connectivity index (χ2v) is 8.02. The second-order valence-electron chi connectivity index (χ2n) is 7.62. The lowest BCUT2D eigenvalue weighted by Crippen LogP contribution is -3.18. The van der Waals surface area contributed by atoms with Gasteiger partial charge in [0.2, 0.25) is 5.91 Å². The number of quaternary nitrogens is 1. The number of hydrogen-bond acceptors (Lipinski definition) is 2. The molecule has 1 saturated heterocycles. The van der Waals surface area contributed by atoms with Crippen LogP contribution in [-0.2, 0) is 9.59 Å². The maximum absolute atomic E-state index is 12.3. The number of piperidine rings is 1. The van der Waals surface area contributed by atoms with Crippen LogP contribution < -0.4 is 15.5 Å². The molecular weight excluding hydrogens is 350 g/mol. The summed E-state index contributed by atoms with van der Waals surface area (Å²) in [5.41, 5.74) is 1.51. The minimum absolute atomic E-state index is 0.00778. The molecule has 1 heterocycles. The Morgan fingerprint density at radius 3 is 2.77 bits per heavy atom. The van der Waals surface area contributed by atoms with E-state index in [0.29, 0.717) is 23.3 Å². The summed E-state index contributed by atoms with van der Waals surface area (Å²) in [4.78, 5) is 25.9. The molecule has 3 N–H and O–H groups in total. The number of carbonyl (C=O) groups is 2. The van der Waals surface area contributed by atoms with E-state index in [0.717, 1.165) is 18.0 Å². The molecule has 0 bridgehead atoms. The van der Waals surface area contributed by atoms with Gasteiger partial charge in [0.25, 0.3) is 5.91 Å². The van der Waals surface area contributed by atoms with Crippen molar-refractivity contribution in [2.24, 2.45) is 5.92 Å². The monoisotopic (exact) mass is 378 g/mol. The molecule has 26 heavy (non-hydrogen) atoms. The van der Waals surface area contributed by atoms with Gasteiger partial charge in [-0.25, -0.2) is 0 Å². The number of likely N-dealkylation sites (tertiary alicyclic amines) is 1. The van der Waals surface area contributed by atoms with Crippen LogP contribution in [0.2, 0.25) is 5.02 Å². The lowest BCUT2D eigenvalue weighted by atomic mass is 9.78. The number of amides is 2. The molecular formula is C20H29ClN3O2+. The molecule has 6 heteroatoms. The van der Waals surface area contributed by atoms with Crippen LogP contribution >= 0.6 is 11.6 Å². The van der Waals surface area contributed by atoms with Gasteiger partial charge in [0.15, 0.2) is 6.54 Å². The van der Waals surface area contributed by atoms with E-state index in [1.165, 1.54) is 43.4 Å². The molecule has 2 aliphatic rings. The molecule has 2 amide bonds. The van der Waals surface area contributed by atoms with Gasteiger partial charge in [0.05, 0.1) is 19.1 Å². The number of benzene rings is 1. The van der Waals surface area contributed by atoms with E-state index in [2.05, 4.69) is 10.6 Å². The highest BCUT2D eigenvalue weighted by molar-refractivity contribution is 6.31. The lowest BCUT2D eigenvalue weighted by Gasteiger charge is -2.40. The Morgan fingerprint density at radius 2 is 1.92 bits per heavy atom. The van der Waals surface area contributed by atoms with Crippen molar-refractivity contribution < 1.29 is 14.5 Å². The number of hydrogen-bond donors (Lipinski definition) is 3. The van der Waals surface area contributed by atoms with Crippen molar-refractivity contribution in [2.45, 2.75) is 51.5 Å². The molecule has 1 aliphatic heterocycles. The Balaban J connectivity index is 1.46. The van der Waals surface area contributed by atoms with Gasteiger partial charge in [0, 0.05) is 16.6 Å². The Morgan fingerprint density at radius 1 is 1.15 bits per heavy atom. The standard InChI is InChI=1S/C20H28ClN3O2/c1-14-16(21)8-4-9-17(14)23-19(25)12-22-20(26)13-24-11-5-7-15-6-2-3-10-18(15)24/h4,8-9,15,18H,2-3,5-7,10-13H2,1H3,(H,22,26)(H,23,25)/p+1/t15-,18-/m0/s1. The molecule has 5 nitrogen and oxygen atoms in total. The SMILES string of the molecule is Cc1c(Cl)cccc1NC(=O)CNC(=O)C[NH+]1CCC[C@@H]2CCCC[C@@H]21. The maximum atomic E-state index is 12.3. The van der Waals surface area contributed by atoms with Crippen LogP contribution in [0.25, 0.3) is 0 Å². The largest absolute Gasteiger partial charge is 0.342 e. The summed E-state index contributed by atoms with van der Waals surface area (Å²) in [6.07, 6.45) is 7.70. The molecule has 1 aliphatic carbocycles. The van der Waals surface area contributed by atoms with Crippen molar-refractivity contribution in [3.05, 3.63) is 28.8 Å². The normalized spacial score (nSPS) is 25.2. The average Bonchev–Trinajstić information content (AvgIpc) is 2.64. The third-order valence-electron chi connectivity index (χ3n) is 5.88. The fourth-order valence-corrected chi connectivity index (χ4v) is 4.65. The number of halogens is 1. The van der Waals surface area contributed by atoms with Crippen LogP contribution in [0.15, 0.2) is 18.2 Å². The molecule has 0 radical (unpaired) electrons. The van der Waals surface area contributed by atoms with Crippen LogP contribution in [0.1, 0.15) is 44.1 Å². The molecule has 1 unspecified atom stereocenters. The minimum Gasteiger partial charge on any atom is -0.342 e. The third kappa shape index (κ3) is 4.77. The minimum atomic E-state index is -0.229. The first-order chi connectivity index (χ1) is 12.5. The summed E-state index contributed by atoms with van der Waals surface area (Å²) >= 11 is 6.07. The summed E-state index contributed by atoms with van der Waals surface area (Å²) in [5.74, 6) is 0.520. The number of rotatable bonds is 5. The van der Waals surface area contributed by atoms with E-state index in [-0.39, 0.29) is 18.4 Å². The van der Waals surface area contributed by atoms with Crippen molar-refractivity contribution in [1.82, 2.24) is 5.32 Å². The van der Waals surface area contributed by atoms with Crippen molar-refractivity contribution >= 4 is 29.1 Å². The van der Waals surface area contributed by atoms with Gasteiger partial charge >= 0.3 is 0 Å². The van der Waals surface area contributed by atoms with Crippen molar-refractivity contribution in [3.8, 4) is 0 Å². The first kappa shape index (κ1) is 19.2. The van der Waals surface area contributed by atoms with Gasteiger partial charge in [-0.3, -0.25) is 9.59 Å². The van der Waals surface area contributed by atoms with E-state index in [1.54, 1.807) is 12.1 Å². The van der Waals surface area contributed by atoms with Crippen LogP contribution in [0, 0.1) is 12.8 Å². The highest BCUT2D eigenvalue weighted by Gasteiger charge is 2.37. The van der Waals surface area contributed by atoms with Crippen LogP contribution in [0.4, 0.5) is 5.69 Å². The van der Waals surface area contributed by atoms with Crippen molar-refractivity contribution in [1.29, 1.82) is 0 Å². The van der Waals surface area contributed by atoms with E-state index in [9.17, 15) is 9.59 Å². The van der Waals surface area contributed by atoms with Gasteiger partial charge in [-0.05, 0) is 56.7 Å². The van der Waals surface area contributed by atoms with Gasteiger partial charge in [-0.2, -0.15) is 0 Å². The molecule has 2 fully saturated rings. The molecule has 0 spiro atoms. The van der Waals surface area contributed by atoms with E-state index in [4.69, 9.17) is 11.6 Å². The Hall–Kier alpha value is -1.59. The summed E-state index contributed by atoms with van der Waals surface area (Å²) in [6, 6.07) is 6.02. The van der Waals surface area contributed by atoms with Gasteiger partial charge in [-0.1, -0.05) is 24.1 Å². The Labute approximate surface area is 160 Å². The highest BCUT2D eigenvalue weighted by atomic mass is 35.5. The summed E-state index contributed by atoms with van der Waals surface area (Å²) in [7, 11) is 0. The smallest absolute Gasteiger partial charge is 0.275 e. The lowest BCUT2D eigenvalue weighted by molar-refractivity contribution is -0.928. The van der Waals surface area contributed by atoms with Gasteiger partial charge in [-0.15, -0.1) is 0 Å².